The van der Waals surface area contributed by atoms with E-state index in [0.29, 0.717) is 13.1 Å². The first-order valence-corrected chi connectivity index (χ1v) is 11.5. The summed E-state index contributed by atoms with van der Waals surface area (Å²) in [6, 6.07) is 12.0. The van der Waals surface area contributed by atoms with Gasteiger partial charge in [-0.3, -0.25) is 4.79 Å². The number of para-hydroxylation sites is 1. The summed E-state index contributed by atoms with van der Waals surface area (Å²) in [6.45, 7) is 0.133. The average molecular weight is 461 g/mol. The van der Waals surface area contributed by atoms with Crippen molar-refractivity contribution in [2.75, 3.05) is 32.1 Å². The molecule has 1 saturated heterocycles. The Morgan fingerprint density at radius 1 is 0.906 bits per heavy atom. The van der Waals surface area contributed by atoms with Gasteiger partial charge in [-0.1, -0.05) is 30.7 Å². The number of anilines is 1. The van der Waals surface area contributed by atoms with Crippen LogP contribution in [0, 0.1) is 0 Å². The summed E-state index contributed by atoms with van der Waals surface area (Å²) < 4.78 is 37.1. The standard InChI is InChI=1S/C22H24N2O7S/c1-30-21(26)16-9-3-5-11-18(16)23-20(25)15-31-22(27)17-10-4-6-12-19(17)32(28,29)24-13-7-2-8-14-24/h3-6,9-12H,2,7-8,13-15H2,1H3,(H,23,25). The Balaban J connectivity index is 1.70. The summed E-state index contributed by atoms with van der Waals surface area (Å²) in [5.41, 5.74) is 0.210. The molecule has 32 heavy (non-hydrogen) atoms. The summed E-state index contributed by atoms with van der Waals surface area (Å²) in [5.74, 6) is -2.25. The van der Waals surface area contributed by atoms with Crippen LogP contribution in [0.1, 0.15) is 40.0 Å². The minimum atomic E-state index is -3.86. The van der Waals surface area contributed by atoms with Crippen LogP contribution in [0.15, 0.2) is 53.4 Å². The molecule has 1 fully saturated rings. The van der Waals surface area contributed by atoms with E-state index in [4.69, 9.17) is 4.74 Å². The van der Waals surface area contributed by atoms with Gasteiger partial charge >= 0.3 is 11.9 Å². The van der Waals surface area contributed by atoms with Crippen LogP contribution in [0.3, 0.4) is 0 Å². The first kappa shape index (κ1) is 23.4. The minimum Gasteiger partial charge on any atom is -0.465 e. The number of hydrogen-bond donors (Lipinski definition) is 1. The van der Waals surface area contributed by atoms with Gasteiger partial charge in [-0.15, -0.1) is 0 Å². The number of benzene rings is 2. The smallest absolute Gasteiger partial charge is 0.340 e. The number of nitrogens with one attached hydrogen (secondary N) is 1. The summed E-state index contributed by atoms with van der Waals surface area (Å²) in [5, 5.41) is 2.49. The minimum absolute atomic E-state index is 0.138. The van der Waals surface area contributed by atoms with Crippen LogP contribution in [0.2, 0.25) is 0 Å². The maximum absolute atomic E-state index is 13.0. The number of carbonyl (C=O) groups is 3. The number of nitrogens with zero attached hydrogens (tertiary/aromatic N) is 1. The van der Waals surface area contributed by atoms with Crippen molar-refractivity contribution in [3.05, 3.63) is 59.7 Å². The highest BCUT2D eigenvalue weighted by Crippen LogP contribution is 2.24. The first-order chi connectivity index (χ1) is 15.3. The van der Waals surface area contributed by atoms with Crippen molar-refractivity contribution < 1.29 is 32.3 Å². The molecule has 3 rings (SSSR count). The molecule has 1 heterocycles. The Hall–Kier alpha value is -3.24. The van der Waals surface area contributed by atoms with Crippen LogP contribution in [0.5, 0.6) is 0 Å². The maximum atomic E-state index is 13.0. The molecule has 0 bridgehead atoms. The monoisotopic (exact) mass is 460 g/mol. The Kier molecular flexibility index (Phi) is 7.60. The Morgan fingerprint density at radius 3 is 2.22 bits per heavy atom. The molecular weight excluding hydrogens is 436 g/mol. The van der Waals surface area contributed by atoms with E-state index in [2.05, 4.69) is 10.1 Å². The third-order valence-corrected chi connectivity index (χ3v) is 6.94. The molecule has 2 aromatic carbocycles. The average Bonchev–Trinajstić information content (AvgIpc) is 2.83. The number of methoxy groups -OCH3 is 1. The quantitative estimate of drug-likeness (QED) is 0.630. The number of carbonyl (C=O) groups excluding carboxylic acids is 3. The largest absolute Gasteiger partial charge is 0.465 e. The molecule has 1 aliphatic rings. The molecule has 0 atom stereocenters. The molecule has 170 valence electrons. The molecule has 0 aliphatic carbocycles. The highest BCUT2D eigenvalue weighted by Gasteiger charge is 2.30. The Bertz CT molecular complexity index is 1110. The topological polar surface area (TPSA) is 119 Å². The number of esters is 2. The van der Waals surface area contributed by atoms with Crippen molar-refractivity contribution >= 4 is 33.6 Å². The van der Waals surface area contributed by atoms with Crippen molar-refractivity contribution in [3.63, 3.8) is 0 Å². The number of rotatable bonds is 7. The molecule has 2 aromatic rings. The molecule has 9 nitrogen and oxygen atoms in total. The molecule has 0 spiro atoms. The van der Waals surface area contributed by atoms with Crippen LogP contribution >= 0.6 is 0 Å². The molecule has 1 amide bonds. The second-order valence-electron chi connectivity index (χ2n) is 7.12. The van der Waals surface area contributed by atoms with E-state index in [1.165, 1.54) is 47.8 Å². The number of ether oxygens (including phenoxy) is 2. The third kappa shape index (κ3) is 5.32. The highest BCUT2D eigenvalue weighted by atomic mass is 32.2. The predicted molar refractivity (Wildman–Crippen MR) is 116 cm³/mol. The van der Waals surface area contributed by atoms with Crippen molar-refractivity contribution in [1.82, 2.24) is 4.31 Å². The van der Waals surface area contributed by atoms with E-state index >= 15 is 0 Å². The molecule has 0 unspecified atom stereocenters. The Morgan fingerprint density at radius 2 is 1.53 bits per heavy atom. The van der Waals surface area contributed by atoms with Crippen LogP contribution in [0.25, 0.3) is 0 Å². The van der Waals surface area contributed by atoms with Gasteiger partial charge in [-0.2, -0.15) is 4.31 Å². The van der Waals surface area contributed by atoms with Crippen LogP contribution < -0.4 is 5.32 Å². The van der Waals surface area contributed by atoms with Gasteiger partial charge in [0.2, 0.25) is 10.0 Å². The summed E-state index contributed by atoms with van der Waals surface area (Å²) in [6.07, 6.45) is 2.49. The lowest BCUT2D eigenvalue weighted by Crippen LogP contribution is -2.36. The van der Waals surface area contributed by atoms with Gasteiger partial charge in [0.15, 0.2) is 6.61 Å². The van der Waals surface area contributed by atoms with Gasteiger partial charge in [0.25, 0.3) is 5.91 Å². The number of piperidine rings is 1. The molecule has 1 aliphatic heterocycles. The first-order valence-electron chi connectivity index (χ1n) is 10.1. The fourth-order valence-corrected chi connectivity index (χ4v) is 5.08. The van der Waals surface area contributed by atoms with Crippen molar-refractivity contribution in [3.8, 4) is 0 Å². The van der Waals surface area contributed by atoms with Gasteiger partial charge in [-0.25, -0.2) is 18.0 Å². The van der Waals surface area contributed by atoms with E-state index in [1.54, 1.807) is 12.1 Å². The number of amides is 1. The molecular formula is C22H24N2O7S. The molecule has 1 N–H and O–H groups in total. The third-order valence-electron chi connectivity index (χ3n) is 4.98. The second kappa shape index (κ2) is 10.4. The lowest BCUT2D eigenvalue weighted by molar-refractivity contribution is -0.119. The molecule has 0 saturated carbocycles. The van der Waals surface area contributed by atoms with E-state index in [9.17, 15) is 22.8 Å². The fourth-order valence-electron chi connectivity index (χ4n) is 3.38. The van der Waals surface area contributed by atoms with Gasteiger partial charge < -0.3 is 14.8 Å². The van der Waals surface area contributed by atoms with Crippen LogP contribution in [-0.4, -0.2) is 57.4 Å². The summed E-state index contributed by atoms with van der Waals surface area (Å²) >= 11 is 0. The normalized spacial score (nSPS) is 14.4. The zero-order valence-corrected chi connectivity index (χ0v) is 18.4. The maximum Gasteiger partial charge on any atom is 0.340 e. The predicted octanol–water partition coefficient (Wildman–Crippen LogP) is 2.44. The lowest BCUT2D eigenvalue weighted by Gasteiger charge is -2.26. The van der Waals surface area contributed by atoms with E-state index < -0.39 is 34.5 Å². The van der Waals surface area contributed by atoms with E-state index in [0.717, 1.165) is 19.3 Å². The summed E-state index contributed by atoms with van der Waals surface area (Å²) in [4.78, 5) is 36.5. The zero-order chi connectivity index (χ0) is 23.1. The van der Waals surface area contributed by atoms with Crippen molar-refractivity contribution in [2.24, 2.45) is 0 Å². The Labute approximate surface area is 186 Å². The molecule has 0 aromatic heterocycles. The van der Waals surface area contributed by atoms with E-state index in [1.807, 2.05) is 0 Å². The van der Waals surface area contributed by atoms with Crippen molar-refractivity contribution in [1.29, 1.82) is 0 Å². The second-order valence-corrected chi connectivity index (χ2v) is 9.03. The fraction of sp³-hybridized carbons (Fsp3) is 0.318. The zero-order valence-electron chi connectivity index (χ0n) is 17.6. The van der Waals surface area contributed by atoms with Gasteiger partial charge in [0, 0.05) is 13.1 Å². The number of hydrogen-bond acceptors (Lipinski definition) is 7. The van der Waals surface area contributed by atoms with Gasteiger partial charge in [0.05, 0.1) is 28.8 Å². The van der Waals surface area contributed by atoms with Gasteiger partial charge in [0.1, 0.15) is 0 Å². The molecule has 10 heteroatoms. The lowest BCUT2D eigenvalue weighted by atomic mass is 10.2. The highest BCUT2D eigenvalue weighted by molar-refractivity contribution is 7.89. The van der Waals surface area contributed by atoms with Crippen molar-refractivity contribution in [2.45, 2.75) is 24.2 Å². The SMILES string of the molecule is COC(=O)c1ccccc1NC(=O)COC(=O)c1ccccc1S(=O)(=O)N1CCCCC1. The van der Waals surface area contributed by atoms with E-state index in [-0.39, 0.29) is 21.7 Å². The van der Waals surface area contributed by atoms with Gasteiger partial charge in [-0.05, 0) is 37.1 Å². The molecule has 0 radical (unpaired) electrons. The van der Waals surface area contributed by atoms with Crippen LogP contribution in [-0.2, 0) is 24.3 Å². The van der Waals surface area contributed by atoms with Crippen LogP contribution in [0.4, 0.5) is 5.69 Å². The summed E-state index contributed by atoms with van der Waals surface area (Å²) in [7, 11) is -2.64. The number of sulfonamides is 1.